The Morgan fingerprint density at radius 2 is 2.25 bits per heavy atom. The number of carbonyl (C=O) groups is 1. The first-order valence-electron chi connectivity index (χ1n) is 6.15. The molecule has 1 unspecified atom stereocenters. The van der Waals surface area contributed by atoms with E-state index in [1.807, 2.05) is 0 Å². The highest BCUT2D eigenvalue weighted by molar-refractivity contribution is 8.13. The summed E-state index contributed by atoms with van der Waals surface area (Å²) in [6.07, 6.45) is 6.77. The van der Waals surface area contributed by atoms with Crippen LogP contribution >= 0.6 is 11.8 Å². The fourth-order valence-electron chi connectivity index (χ4n) is 1.65. The second-order valence-corrected chi connectivity index (χ2v) is 5.34. The smallest absolute Gasteiger partial charge is 0.185 e. The van der Waals surface area contributed by atoms with Crippen molar-refractivity contribution in [3.8, 4) is 0 Å². The Hall–Kier alpha value is -0.0600. The van der Waals surface area contributed by atoms with Gasteiger partial charge in [0.05, 0.1) is 0 Å². The van der Waals surface area contributed by atoms with E-state index < -0.39 is 0 Å². The molecule has 1 atom stereocenters. The van der Waals surface area contributed by atoms with Crippen LogP contribution in [0.15, 0.2) is 0 Å². The van der Waals surface area contributed by atoms with Crippen molar-refractivity contribution in [2.45, 2.75) is 51.7 Å². The van der Waals surface area contributed by atoms with E-state index >= 15 is 0 Å². The number of hydrogen-bond donors (Lipinski definition) is 0. The number of hydrogen-bond acceptors (Lipinski definition) is 4. The molecule has 0 N–H and O–H groups in total. The van der Waals surface area contributed by atoms with Gasteiger partial charge in [0.2, 0.25) is 0 Å². The molecule has 0 radical (unpaired) electrons. The van der Waals surface area contributed by atoms with Crippen molar-refractivity contribution < 1.29 is 14.3 Å². The number of carbonyl (C=O) groups excluding carboxylic acids is 1. The molecule has 0 aromatic carbocycles. The van der Waals surface area contributed by atoms with Gasteiger partial charge in [0.1, 0.15) is 0 Å². The van der Waals surface area contributed by atoms with Crippen LogP contribution in [-0.2, 0) is 14.3 Å². The lowest BCUT2D eigenvalue weighted by atomic mass is 10.2. The van der Waals surface area contributed by atoms with Gasteiger partial charge in [-0.2, -0.15) is 0 Å². The van der Waals surface area contributed by atoms with Gasteiger partial charge < -0.3 is 9.47 Å². The Bertz CT molecular complexity index is 191. The molecule has 16 heavy (non-hydrogen) atoms. The van der Waals surface area contributed by atoms with Crippen LogP contribution < -0.4 is 0 Å². The van der Waals surface area contributed by atoms with Gasteiger partial charge in [-0.25, -0.2) is 0 Å². The number of unbranched alkanes of at least 4 members (excludes halogenated alkanes) is 2. The van der Waals surface area contributed by atoms with Crippen LogP contribution in [0.3, 0.4) is 0 Å². The maximum absolute atomic E-state index is 10.7. The van der Waals surface area contributed by atoms with Crippen molar-refractivity contribution in [3.63, 3.8) is 0 Å². The van der Waals surface area contributed by atoms with Crippen LogP contribution in [0.4, 0.5) is 0 Å². The third-order valence-electron chi connectivity index (χ3n) is 2.54. The third-order valence-corrected chi connectivity index (χ3v) is 3.43. The van der Waals surface area contributed by atoms with E-state index in [4.69, 9.17) is 9.47 Å². The van der Waals surface area contributed by atoms with Crippen molar-refractivity contribution in [2.75, 3.05) is 19.0 Å². The van der Waals surface area contributed by atoms with Crippen LogP contribution in [0.1, 0.15) is 45.4 Å². The standard InChI is InChI=1S/C12H22O3S/c1-11(13)16-10-6-2-4-8-14-12-7-3-5-9-15-12/h12H,2-10H2,1H3. The zero-order valence-corrected chi connectivity index (χ0v) is 10.9. The summed E-state index contributed by atoms with van der Waals surface area (Å²) in [7, 11) is 0. The van der Waals surface area contributed by atoms with E-state index in [0.717, 1.165) is 44.6 Å². The van der Waals surface area contributed by atoms with E-state index in [0.29, 0.717) is 0 Å². The molecule has 0 saturated carbocycles. The van der Waals surface area contributed by atoms with E-state index in [1.54, 1.807) is 6.92 Å². The molecule has 1 fully saturated rings. The van der Waals surface area contributed by atoms with Crippen molar-refractivity contribution in [2.24, 2.45) is 0 Å². The molecule has 4 heteroatoms. The molecule has 0 aromatic heterocycles. The lowest BCUT2D eigenvalue weighted by Gasteiger charge is -2.22. The summed E-state index contributed by atoms with van der Waals surface area (Å²) in [4.78, 5) is 10.7. The fraction of sp³-hybridized carbons (Fsp3) is 0.917. The van der Waals surface area contributed by atoms with Gasteiger partial charge in [-0.15, -0.1) is 0 Å². The van der Waals surface area contributed by atoms with Gasteiger partial charge in [0.25, 0.3) is 0 Å². The lowest BCUT2D eigenvalue weighted by molar-refractivity contribution is -0.162. The molecule has 0 spiro atoms. The molecule has 0 amide bonds. The van der Waals surface area contributed by atoms with Gasteiger partial charge in [-0.05, 0) is 32.1 Å². The highest BCUT2D eigenvalue weighted by Crippen LogP contribution is 2.14. The zero-order valence-electron chi connectivity index (χ0n) is 10.1. The molecule has 94 valence electrons. The molecule has 1 aliphatic rings. The Labute approximate surface area is 102 Å². The summed E-state index contributed by atoms with van der Waals surface area (Å²) in [5.74, 6) is 0.940. The Balaban J connectivity index is 1.82. The highest BCUT2D eigenvalue weighted by Gasteiger charge is 2.13. The summed E-state index contributed by atoms with van der Waals surface area (Å²) in [5.41, 5.74) is 0. The summed E-state index contributed by atoms with van der Waals surface area (Å²) in [6, 6.07) is 0. The summed E-state index contributed by atoms with van der Waals surface area (Å²) in [5, 5.41) is 0.215. The van der Waals surface area contributed by atoms with E-state index in [-0.39, 0.29) is 11.4 Å². The van der Waals surface area contributed by atoms with Crippen molar-refractivity contribution >= 4 is 16.9 Å². The summed E-state index contributed by atoms with van der Waals surface area (Å²) < 4.78 is 11.1. The second kappa shape index (κ2) is 9.02. The van der Waals surface area contributed by atoms with Crippen molar-refractivity contribution in [3.05, 3.63) is 0 Å². The first-order valence-corrected chi connectivity index (χ1v) is 7.14. The SMILES string of the molecule is CC(=O)SCCCCCOC1CCCCO1. The largest absolute Gasteiger partial charge is 0.353 e. The number of thioether (sulfide) groups is 1. The van der Waals surface area contributed by atoms with Crippen molar-refractivity contribution in [1.29, 1.82) is 0 Å². The molecule has 3 nitrogen and oxygen atoms in total. The molecule has 0 aromatic rings. The quantitative estimate of drug-likeness (QED) is 0.647. The van der Waals surface area contributed by atoms with Crippen LogP contribution in [0.5, 0.6) is 0 Å². The minimum absolute atomic E-state index is 0.0420. The van der Waals surface area contributed by atoms with Crippen molar-refractivity contribution in [1.82, 2.24) is 0 Å². The molecule has 1 heterocycles. The topological polar surface area (TPSA) is 35.5 Å². The molecule has 0 bridgehead atoms. The Kier molecular flexibility index (Phi) is 7.89. The van der Waals surface area contributed by atoms with Crippen LogP contribution in [0, 0.1) is 0 Å². The molecular formula is C12H22O3S. The maximum atomic E-state index is 10.7. The molecule has 1 aliphatic heterocycles. The van der Waals surface area contributed by atoms with Gasteiger partial charge in [0, 0.05) is 25.9 Å². The Morgan fingerprint density at radius 1 is 1.38 bits per heavy atom. The molecular weight excluding hydrogens is 224 g/mol. The average molecular weight is 246 g/mol. The van der Waals surface area contributed by atoms with Gasteiger partial charge in [-0.1, -0.05) is 18.2 Å². The van der Waals surface area contributed by atoms with E-state index in [2.05, 4.69) is 0 Å². The first kappa shape index (κ1) is 14.0. The highest BCUT2D eigenvalue weighted by atomic mass is 32.2. The second-order valence-electron chi connectivity index (χ2n) is 4.07. The number of rotatable bonds is 7. The predicted octanol–water partition coefficient (Wildman–Crippen LogP) is 2.98. The normalized spacial score (nSPS) is 20.9. The van der Waals surface area contributed by atoms with Gasteiger partial charge in [-0.3, -0.25) is 4.79 Å². The molecule has 1 rings (SSSR count). The zero-order chi connectivity index (χ0) is 11.6. The minimum atomic E-state index is 0.0420. The average Bonchev–Trinajstić information content (AvgIpc) is 2.29. The van der Waals surface area contributed by atoms with Crippen LogP contribution in [0.25, 0.3) is 0 Å². The van der Waals surface area contributed by atoms with Crippen LogP contribution in [-0.4, -0.2) is 30.4 Å². The van der Waals surface area contributed by atoms with Gasteiger partial charge >= 0.3 is 0 Å². The molecule has 0 aliphatic carbocycles. The Morgan fingerprint density at radius 3 is 2.94 bits per heavy atom. The molecule has 1 saturated heterocycles. The third kappa shape index (κ3) is 7.25. The minimum Gasteiger partial charge on any atom is -0.353 e. The van der Waals surface area contributed by atoms with Crippen LogP contribution in [0.2, 0.25) is 0 Å². The van der Waals surface area contributed by atoms with E-state index in [9.17, 15) is 4.79 Å². The van der Waals surface area contributed by atoms with E-state index in [1.165, 1.54) is 24.6 Å². The summed E-state index contributed by atoms with van der Waals surface area (Å²) >= 11 is 1.41. The maximum Gasteiger partial charge on any atom is 0.185 e. The van der Waals surface area contributed by atoms with Gasteiger partial charge in [0.15, 0.2) is 11.4 Å². The first-order chi connectivity index (χ1) is 7.79. The fourth-order valence-corrected chi connectivity index (χ4v) is 2.29. The summed E-state index contributed by atoms with van der Waals surface area (Å²) in [6.45, 7) is 3.25. The lowest BCUT2D eigenvalue weighted by Crippen LogP contribution is -2.22. The monoisotopic (exact) mass is 246 g/mol. The predicted molar refractivity (Wildman–Crippen MR) is 66.5 cm³/mol. The number of ether oxygens (including phenoxy) is 2.